The molecule has 0 bridgehead atoms. The predicted molar refractivity (Wildman–Crippen MR) is 108 cm³/mol. The molecule has 7 nitrogen and oxygen atoms in total. The Morgan fingerprint density at radius 2 is 2.15 bits per heavy atom. The molecule has 0 spiro atoms. The van der Waals surface area contributed by atoms with Crippen molar-refractivity contribution in [3.8, 4) is 11.4 Å². The fraction of sp³-hybridized carbons (Fsp3) is 0.421. The van der Waals surface area contributed by atoms with Crippen LogP contribution in [0.4, 0.5) is 11.6 Å². The van der Waals surface area contributed by atoms with Crippen molar-refractivity contribution >= 4 is 27.6 Å². The summed E-state index contributed by atoms with van der Waals surface area (Å²) in [7, 11) is -2.33. The van der Waals surface area contributed by atoms with Gasteiger partial charge in [-0.3, -0.25) is 4.99 Å². The van der Waals surface area contributed by atoms with Crippen molar-refractivity contribution in [2.75, 3.05) is 37.2 Å². The first-order chi connectivity index (χ1) is 12.9. The summed E-state index contributed by atoms with van der Waals surface area (Å²) >= 11 is 0. The molecule has 2 aliphatic heterocycles. The smallest absolute Gasteiger partial charge is 0.167 e. The molecule has 2 aliphatic rings. The quantitative estimate of drug-likeness (QED) is 0.811. The maximum atomic E-state index is 12.3. The Kier molecular flexibility index (Phi) is 4.69. The van der Waals surface area contributed by atoms with Crippen molar-refractivity contribution in [2.24, 2.45) is 9.36 Å². The van der Waals surface area contributed by atoms with Crippen molar-refractivity contribution in [3.63, 3.8) is 0 Å². The summed E-state index contributed by atoms with van der Waals surface area (Å²) in [6, 6.07) is 8.07. The second-order valence-corrected chi connectivity index (χ2v) is 9.69. The third kappa shape index (κ3) is 3.86. The van der Waals surface area contributed by atoms with E-state index in [0.29, 0.717) is 31.4 Å². The molecular formula is C19H23N5O2S. The number of aromatic nitrogens is 2. The van der Waals surface area contributed by atoms with Crippen LogP contribution in [0.5, 0.6) is 0 Å². The van der Waals surface area contributed by atoms with E-state index in [1.54, 1.807) is 12.5 Å². The Balaban J connectivity index is 1.88. The van der Waals surface area contributed by atoms with Crippen LogP contribution in [-0.4, -0.2) is 58.7 Å². The molecule has 27 heavy (non-hydrogen) atoms. The molecule has 1 fully saturated rings. The van der Waals surface area contributed by atoms with Crippen molar-refractivity contribution in [1.82, 2.24) is 9.97 Å². The molecule has 1 aromatic heterocycles. The van der Waals surface area contributed by atoms with E-state index in [0.717, 1.165) is 29.1 Å². The molecule has 142 valence electrons. The number of benzene rings is 1. The third-order valence-electron chi connectivity index (χ3n) is 4.59. The van der Waals surface area contributed by atoms with Crippen LogP contribution in [0.2, 0.25) is 0 Å². The highest BCUT2D eigenvalue weighted by atomic mass is 32.2. The van der Waals surface area contributed by atoms with E-state index in [4.69, 9.17) is 9.72 Å². The first-order valence-corrected chi connectivity index (χ1v) is 11.3. The predicted octanol–water partition coefficient (Wildman–Crippen LogP) is 2.66. The van der Waals surface area contributed by atoms with E-state index in [9.17, 15) is 4.21 Å². The zero-order chi connectivity index (χ0) is 19.0. The highest BCUT2D eigenvalue weighted by Gasteiger charge is 2.23. The van der Waals surface area contributed by atoms with E-state index in [-0.39, 0.29) is 6.04 Å². The van der Waals surface area contributed by atoms with Crippen LogP contribution in [0.25, 0.3) is 11.4 Å². The molecule has 0 unspecified atom stereocenters. The van der Waals surface area contributed by atoms with E-state index < -0.39 is 9.73 Å². The zero-order valence-electron chi connectivity index (χ0n) is 15.8. The van der Waals surface area contributed by atoms with Gasteiger partial charge in [0.15, 0.2) is 11.6 Å². The maximum absolute atomic E-state index is 12.3. The molecule has 1 saturated heterocycles. The van der Waals surface area contributed by atoms with Gasteiger partial charge in [-0.1, -0.05) is 18.2 Å². The summed E-state index contributed by atoms with van der Waals surface area (Å²) in [6.45, 7) is 4.84. The number of anilines is 1. The van der Waals surface area contributed by atoms with Crippen LogP contribution in [-0.2, 0) is 21.0 Å². The number of nitrogens with zero attached hydrogens (tertiary/aromatic N) is 5. The van der Waals surface area contributed by atoms with Gasteiger partial charge in [-0.2, -0.15) is 4.36 Å². The number of hydrogen-bond donors (Lipinski definition) is 0. The van der Waals surface area contributed by atoms with Crippen LogP contribution in [0, 0.1) is 0 Å². The second kappa shape index (κ2) is 7.01. The molecule has 0 N–H and O–H groups in total. The zero-order valence-corrected chi connectivity index (χ0v) is 16.6. The standard InChI is InChI=1S/C19H23N5O2S/c1-13-12-26-8-7-24(13)18-9-17(23-27(2,3)25)21-19(22-18)15-6-4-5-14-10-20-11-16(14)15/h4-6,9,11,13H,7-8,10,12H2,1-3H3/t13-/m1/s1. The lowest BCUT2D eigenvalue weighted by molar-refractivity contribution is 0.0985. The van der Waals surface area contributed by atoms with Gasteiger partial charge in [0.1, 0.15) is 5.82 Å². The van der Waals surface area contributed by atoms with Gasteiger partial charge < -0.3 is 9.64 Å². The monoisotopic (exact) mass is 385 g/mol. The highest BCUT2D eigenvalue weighted by Crippen LogP contribution is 2.30. The van der Waals surface area contributed by atoms with Crippen molar-refractivity contribution < 1.29 is 8.95 Å². The summed E-state index contributed by atoms with van der Waals surface area (Å²) in [4.78, 5) is 16.0. The first-order valence-electron chi connectivity index (χ1n) is 8.93. The Labute approximate surface area is 159 Å². The Morgan fingerprint density at radius 1 is 1.30 bits per heavy atom. The Hall–Kier alpha value is -2.32. The van der Waals surface area contributed by atoms with Crippen molar-refractivity contribution in [2.45, 2.75) is 19.5 Å². The maximum Gasteiger partial charge on any atom is 0.167 e. The molecule has 0 saturated carbocycles. The van der Waals surface area contributed by atoms with Gasteiger partial charge in [0.25, 0.3) is 0 Å². The number of hydrogen-bond acceptors (Lipinski definition) is 7. The van der Waals surface area contributed by atoms with E-state index in [1.165, 1.54) is 0 Å². The minimum Gasteiger partial charge on any atom is -0.377 e. The number of fused-ring (bicyclic) bond motifs is 1. The van der Waals surface area contributed by atoms with Gasteiger partial charge in [0.2, 0.25) is 0 Å². The Bertz CT molecular complexity index is 1020. The van der Waals surface area contributed by atoms with Gasteiger partial charge in [-0.25, -0.2) is 14.2 Å². The molecule has 0 radical (unpaired) electrons. The normalized spacial score (nSPS) is 19.2. The average molecular weight is 385 g/mol. The van der Waals surface area contributed by atoms with Crippen LogP contribution in [0.1, 0.15) is 18.1 Å². The van der Waals surface area contributed by atoms with Gasteiger partial charge >= 0.3 is 0 Å². The molecule has 4 rings (SSSR count). The van der Waals surface area contributed by atoms with Crippen molar-refractivity contribution in [1.29, 1.82) is 0 Å². The molecule has 2 aromatic rings. The largest absolute Gasteiger partial charge is 0.377 e. The summed E-state index contributed by atoms with van der Waals surface area (Å²) < 4.78 is 22.1. The summed E-state index contributed by atoms with van der Waals surface area (Å²) in [5, 5.41) is 0. The molecule has 0 amide bonds. The second-order valence-electron chi connectivity index (χ2n) is 7.15. The fourth-order valence-electron chi connectivity index (χ4n) is 3.36. The first kappa shape index (κ1) is 18.1. The molecule has 0 aliphatic carbocycles. The van der Waals surface area contributed by atoms with Crippen LogP contribution >= 0.6 is 0 Å². The lowest BCUT2D eigenvalue weighted by atomic mass is 10.0. The SMILES string of the molecule is C[C@@H]1COCCN1c1cc(N=S(C)(C)=O)nc(-c2cccc3c2C=NC3)n1. The third-order valence-corrected chi connectivity index (χ3v) is 5.22. The van der Waals surface area contributed by atoms with Crippen LogP contribution in [0.3, 0.4) is 0 Å². The highest BCUT2D eigenvalue weighted by molar-refractivity contribution is 7.92. The minimum atomic E-state index is -2.33. The van der Waals surface area contributed by atoms with Crippen LogP contribution < -0.4 is 4.90 Å². The molecule has 1 aromatic carbocycles. The molecule has 8 heteroatoms. The minimum absolute atomic E-state index is 0.199. The lowest BCUT2D eigenvalue weighted by Crippen LogP contribution is -2.44. The number of ether oxygens (including phenoxy) is 1. The van der Waals surface area contributed by atoms with E-state index in [1.807, 2.05) is 24.4 Å². The van der Waals surface area contributed by atoms with Crippen LogP contribution in [0.15, 0.2) is 33.6 Å². The van der Waals surface area contributed by atoms with Gasteiger partial charge in [0.05, 0.1) is 25.8 Å². The van der Waals surface area contributed by atoms with Gasteiger partial charge in [-0.05, 0) is 12.5 Å². The molecule has 3 heterocycles. The van der Waals surface area contributed by atoms with E-state index >= 15 is 0 Å². The summed E-state index contributed by atoms with van der Waals surface area (Å²) in [6.07, 6.45) is 5.09. The average Bonchev–Trinajstić information content (AvgIpc) is 3.09. The Morgan fingerprint density at radius 3 is 2.93 bits per heavy atom. The molecular weight excluding hydrogens is 362 g/mol. The lowest BCUT2D eigenvalue weighted by Gasteiger charge is -2.34. The fourth-order valence-corrected chi connectivity index (χ4v) is 3.91. The van der Waals surface area contributed by atoms with Crippen molar-refractivity contribution in [3.05, 3.63) is 35.4 Å². The molecule has 1 atom stereocenters. The van der Waals surface area contributed by atoms with Gasteiger partial charge in [0, 0.05) is 52.2 Å². The van der Waals surface area contributed by atoms with Gasteiger partial charge in [-0.15, -0.1) is 0 Å². The van der Waals surface area contributed by atoms with E-state index in [2.05, 4.69) is 32.2 Å². The number of morpholine rings is 1. The topological polar surface area (TPSA) is 80.0 Å². The number of rotatable bonds is 3. The summed E-state index contributed by atoms with van der Waals surface area (Å²) in [5.74, 6) is 1.81. The summed E-state index contributed by atoms with van der Waals surface area (Å²) in [5.41, 5.74) is 3.13. The number of aliphatic imine (C=N–C) groups is 1.